The summed E-state index contributed by atoms with van der Waals surface area (Å²) in [7, 11) is 0. The summed E-state index contributed by atoms with van der Waals surface area (Å²) in [5.74, 6) is 0. The normalized spacial score (nSPS) is 11.5. The maximum Gasteiger partial charge on any atom is 0.183 e. The summed E-state index contributed by atoms with van der Waals surface area (Å²) in [5, 5.41) is 4.36. The van der Waals surface area contributed by atoms with Crippen molar-refractivity contribution in [2.45, 2.75) is 32.7 Å². The van der Waals surface area contributed by atoms with Crippen LogP contribution in [0.25, 0.3) is 0 Å². The Morgan fingerprint density at radius 3 is 2.47 bits per heavy atom. The van der Waals surface area contributed by atoms with Crippen molar-refractivity contribution in [3.05, 3.63) is 47.0 Å². The summed E-state index contributed by atoms with van der Waals surface area (Å²) in [6.45, 7) is 7.46. The van der Waals surface area contributed by atoms with Crippen LogP contribution in [0.2, 0.25) is 0 Å². The highest BCUT2D eigenvalue weighted by Gasteiger charge is 2.16. The Labute approximate surface area is 107 Å². The smallest absolute Gasteiger partial charge is 0.183 e. The second-order valence-electron chi connectivity index (χ2n) is 5.12. The van der Waals surface area contributed by atoms with Gasteiger partial charge in [0.25, 0.3) is 0 Å². The molecular formula is C14H18N2S. The van der Waals surface area contributed by atoms with E-state index in [4.69, 9.17) is 0 Å². The number of aromatic nitrogens is 1. The van der Waals surface area contributed by atoms with Gasteiger partial charge in [-0.05, 0) is 11.0 Å². The van der Waals surface area contributed by atoms with E-state index in [-0.39, 0.29) is 5.41 Å². The summed E-state index contributed by atoms with van der Waals surface area (Å²) in [4.78, 5) is 5.72. The van der Waals surface area contributed by atoms with E-state index in [1.54, 1.807) is 11.3 Å². The molecule has 17 heavy (non-hydrogen) atoms. The van der Waals surface area contributed by atoms with Gasteiger partial charge >= 0.3 is 0 Å². The maximum atomic E-state index is 4.41. The highest BCUT2D eigenvalue weighted by molar-refractivity contribution is 7.15. The lowest BCUT2D eigenvalue weighted by molar-refractivity contribution is 0.602. The topological polar surface area (TPSA) is 24.9 Å². The van der Waals surface area contributed by atoms with Crippen LogP contribution in [0.1, 0.15) is 31.2 Å². The van der Waals surface area contributed by atoms with Crippen LogP contribution in [0.15, 0.2) is 36.5 Å². The Hall–Kier alpha value is -1.35. The Balaban J connectivity index is 1.99. The Morgan fingerprint density at radius 2 is 1.88 bits per heavy atom. The molecule has 1 aromatic carbocycles. The molecule has 0 aliphatic carbocycles. The zero-order valence-electron chi connectivity index (χ0n) is 10.5. The van der Waals surface area contributed by atoms with Gasteiger partial charge in [-0.2, -0.15) is 0 Å². The first kappa shape index (κ1) is 12.1. The molecule has 0 aliphatic rings. The first-order valence-corrected chi connectivity index (χ1v) is 6.61. The molecule has 0 saturated heterocycles. The lowest BCUT2D eigenvalue weighted by Crippen LogP contribution is -2.07. The monoisotopic (exact) mass is 246 g/mol. The minimum absolute atomic E-state index is 0.185. The third-order valence-electron chi connectivity index (χ3n) is 2.53. The van der Waals surface area contributed by atoms with Gasteiger partial charge in [-0.25, -0.2) is 4.98 Å². The molecule has 0 spiro atoms. The van der Waals surface area contributed by atoms with Crippen LogP contribution in [-0.2, 0) is 12.0 Å². The number of hydrogen-bond acceptors (Lipinski definition) is 3. The maximum absolute atomic E-state index is 4.41. The average molecular weight is 246 g/mol. The molecule has 0 fully saturated rings. The van der Waals surface area contributed by atoms with Crippen molar-refractivity contribution in [3.8, 4) is 0 Å². The lowest BCUT2D eigenvalue weighted by Gasteiger charge is -2.14. The summed E-state index contributed by atoms with van der Waals surface area (Å²) < 4.78 is 0. The first-order valence-electron chi connectivity index (χ1n) is 5.80. The second kappa shape index (κ2) is 4.88. The molecule has 0 aliphatic heterocycles. The van der Waals surface area contributed by atoms with Gasteiger partial charge < -0.3 is 5.32 Å². The Kier molecular flexibility index (Phi) is 3.48. The lowest BCUT2D eigenvalue weighted by atomic mass is 9.96. The van der Waals surface area contributed by atoms with Crippen LogP contribution in [0.4, 0.5) is 5.13 Å². The SMILES string of the molecule is CC(C)(C)c1cnc(NCc2ccccc2)s1. The molecule has 1 heterocycles. The molecule has 1 N–H and O–H groups in total. The van der Waals surface area contributed by atoms with Crippen molar-refractivity contribution in [2.75, 3.05) is 5.32 Å². The fourth-order valence-electron chi connectivity index (χ4n) is 1.48. The van der Waals surface area contributed by atoms with Gasteiger partial charge in [0.15, 0.2) is 5.13 Å². The van der Waals surface area contributed by atoms with Gasteiger partial charge in [0.2, 0.25) is 0 Å². The molecule has 2 aromatic rings. The number of thiazole rings is 1. The molecule has 0 atom stereocenters. The van der Waals surface area contributed by atoms with E-state index in [1.807, 2.05) is 12.3 Å². The molecular weight excluding hydrogens is 228 g/mol. The number of anilines is 1. The number of rotatable bonds is 3. The van der Waals surface area contributed by atoms with E-state index in [0.717, 1.165) is 11.7 Å². The highest BCUT2D eigenvalue weighted by Crippen LogP contribution is 2.30. The molecule has 0 radical (unpaired) electrons. The quantitative estimate of drug-likeness (QED) is 0.883. The summed E-state index contributed by atoms with van der Waals surface area (Å²) >= 11 is 1.74. The van der Waals surface area contributed by atoms with Crippen LogP contribution in [0.3, 0.4) is 0 Å². The predicted octanol–water partition coefficient (Wildman–Crippen LogP) is 4.05. The van der Waals surface area contributed by atoms with Crippen molar-refractivity contribution in [1.29, 1.82) is 0 Å². The number of nitrogens with zero attached hydrogens (tertiary/aromatic N) is 1. The molecule has 0 amide bonds. The summed E-state index contributed by atoms with van der Waals surface area (Å²) in [6, 6.07) is 10.4. The number of nitrogens with one attached hydrogen (secondary N) is 1. The molecule has 2 nitrogen and oxygen atoms in total. The highest BCUT2D eigenvalue weighted by atomic mass is 32.1. The van der Waals surface area contributed by atoms with Crippen LogP contribution >= 0.6 is 11.3 Å². The Morgan fingerprint density at radius 1 is 1.18 bits per heavy atom. The van der Waals surface area contributed by atoms with Gasteiger partial charge in [0.1, 0.15) is 0 Å². The fraction of sp³-hybridized carbons (Fsp3) is 0.357. The van der Waals surface area contributed by atoms with Crippen molar-refractivity contribution in [1.82, 2.24) is 4.98 Å². The van der Waals surface area contributed by atoms with Gasteiger partial charge in [-0.1, -0.05) is 51.1 Å². The van der Waals surface area contributed by atoms with Crippen LogP contribution in [0.5, 0.6) is 0 Å². The van der Waals surface area contributed by atoms with Crippen molar-refractivity contribution < 1.29 is 0 Å². The van der Waals surface area contributed by atoms with Crippen molar-refractivity contribution in [3.63, 3.8) is 0 Å². The molecule has 0 saturated carbocycles. The molecule has 0 unspecified atom stereocenters. The van der Waals surface area contributed by atoms with Gasteiger partial charge in [0.05, 0.1) is 0 Å². The fourth-order valence-corrected chi connectivity index (χ4v) is 2.35. The summed E-state index contributed by atoms with van der Waals surface area (Å²) in [5.41, 5.74) is 1.46. The Bertz CT molecular complexity index is 468. The predicted molar refractivity (Wildman–Crippen MR) is 74.6 cm³/mol. The standard InChI is InChI=1S/C14H18N2S/c1-14(2,3)12-10-16-13(17-12)15-9-11-7-5-4-6-8-11/h4-8,10H,9H2,1-3H3,(H,15,16). The summed E-state index contributed by atoms with van der Waals surface area (Å²) in [6.07, 6.45) is 1.97. The van der Waals surface area contributed by atoms with E-state index in [9.17, 15) is 0 Å². The molecule has 90 valence electrons. The van der Waals surface area contributed by atoms with Crippen LogP contribution in [0, 0.1) is 0 Å². The first-order chi connectivity index (χ1) is 8.05. The van der Waals surface area contributed by atoms with Gasteiger partial charge in [0, 0.05) is 17.6 Å². The van der Waals surface area contributed by atoms with Gasteiger partial charge in [-0.15, -0.1) is 11.3 Å². The average Bonchev–Trinajstić information content (AvgIpc) is 2.76. The zero-order chi connectivity index (χ0) is 12.3. The third kappa shape index (κ3) is 3.30. The van der Waals surface area contributed by atoms with Crippen molar-refractivity contribution >= 4 is 16.5 Å². The largest absolute Gasteiger partial charge is 0.357 e. The number of hydrogen-bond donors (Lipinski definition) is 1. The molecule has 1 aromatic heterocycles. The van der Waals surface area contributed by atoms with Crippen LogP contribution in [-0.4, -0.2) is 4.98 Å². The second-order valence-corrected chi connectivity index (χ2v) is 6.15. The van der Waals surface area contributed by atoms with E-state index in [2.05, 4.69) is 55.3 Å². The van der Waals surface area contributed by atoms with Crippen molar-refractivity contribution in [2.24, 2.45) is 0 Å². The van der Waals surface area contributed by atoms with Gasteiger partial charge in [-0.3, -0.25) is 0 Å². The minimum atomic E-state index is 0.185. The van der Waals surface area contributed by atoms with E-state index >= 15 is 0 Å². The van der Waals surface area contributed by atoms with E-state index < -0.39 is 0 Å². The molecule has 3 heteroatoms. The zero-order valence-corrected chi connectivity index (χ0v) is 11.3. The minimum Gasteiger partial charge on any atom is -0.357 e. The molecule has 2 rings (SSSR count). The molecule has 0 bridgehead atoms. The third-order valence-corrected chi connectivity index (χ3v) is 3.91. The van der Waals surface area contributed by atoms with E-state index in [0.29, 0.717) is 0 Å². The van der Waals surface area contributed by atoms with Crippen LogP contribution < -0.4 is 5.32 Å². The number of benzene rings is 1. The van der Waals surface area contributed by atoms with E-state index in [1.165, 1.54) is 10.4 Å².